The Hall–Kier alpha value is -6.70. The summed E-state index contributed by atoms with van der Waals surface area (Å²) in [6.07, 6.45) is 0. The molecule has 0 unspecified atom stereocenters. The van der Waals surface area contributed by atoms with Gasteiger partial charge in [-0.15, -0.1) is 0 Å². The fourth-order valence-electron chi connectivity index (χ4n) is 7.71. The highest BCUT2D eigenvalue weighted by Gasteiger charge is 2.22. The Bertz CT molecular complexity index is 3140. The maximum Gasteiger partial charge on any atom is 0.136 e. The van der Waals surface area contributed by atoms with Crippen LogP contribution in [0.2, 0.25) is 0 Å². The minimum Gasteiger partial charge on any atom is -0.456 e. The highest BCUT2D eigenvalue weighted by Crippen LogP contribution is 2.49. The lowest BCUT2D eigenvalue weighted by molar-refractivity contribution is 0.669. The molecule has 10 aromatic rings. The molecule has 51 heavy (non-hydrogen) atoms. The van der Waals surface area contributed by atoms with Gasteiger partial charge in [-0.3, -0.25) is 0 Å². The van der Waals surface area contributed by atoms with E-state index >= 15 is 0 Å². The number of fused-ring (bicyclic) bond motifs is 5. The van der Waals surface area contributed by atoms with Crippen molar-refractivity contribution in [3.8, 4) is 55.6 Å². The van der Waals surface area contributed by atoms with E-state index in [1.54, 1.807) is 0 Å². The van der Waals surface area contributed by atoms with Crippen molar-refractivity contribution < 1.29 is 11.3 Å². The summed E-state index contributed by atoms with van der Waals surface area (Å²) >= 11 is 0. The van der Waals surface area contributed by atoms with E-state index < -0.39 is 6.04 Å². The van der Waals surface area contributed by atoms with Crippen molar-refractivity contribution in [2.24, 2.45) is 0 Å². The first-order valence-corrected chi connectivity index (χ1v) is 17.1. The molecule has 0 aliphatic carbocycles. The lowest BCUT2D eigenvalue weighted by Crippen LogP contribution is -1.94. The SMILES string of the molecule is [2H]c1c([2H])c([2H])c(-c2c3ccccc3c(-c3cccc4oc5ccccc5c34)c3cc(-c4ccccc4)c(-c4ccc(-c5ccccc5)cc4)cc23)c([2H])c1[2H]. The Morgan fingerprint density at radius 1 is 0.333 bits per heavy atom. The topological polar surface area (TPSA) is 13.1 Å². The van der Waals surface area contributed by atoms with Crippen molar-refractivity contribution in [2.75, 3.05) is 0 Å². The highest BCUT2D eigenvalue weighted by atomic mass is 16.3. The van der Waals surface area contributed by atoms with Gasteiger partial charge in [-0.05, 0) is 101 Å². The van der Waals surface area contributed by atoms with Crippen LogP contribution in [0.5, 0.6) is 0 Å². The van der Waals surface area contributed by atoms with Crippen molar-refractivity contribution in [3.63, 3.8) is 0 Å². The first-order valence-electron chi connectivity index (χ1n) is 19.6. The molecule has 0 atom stereocenters. The molecule has 0 N–H and O–H groups in total. The van der Waals surface area contributed by atoms with E-state index in [-0.39, 0.29) is 29.7 Å². The Morgan fingerprint density at radius 2 is 0.843 bits per heavy atom. The lowest BCUT2D eigenvalue weighted by atomic mass is 9.81. The summed E-state index contributed by atoms with van der Waals surface area (Å²) in [6.45, 7) is 0. The molecule has 1 nitrogen and oxygen atoms in total. The molecule has 0 saturated carbocycles. The molecule has 0 bridgehead atoms. The van der Waals surface area contributed by atoms with Crippen LogP contribution in [0.15, 0.2) is 198 Å². The third kappa shape index (κ3) is 4.86. The van der Waals surface area contributed by atoms with E-state index in [0.29, 0.717) is 5.56 Å². The molecule has 0 spiro atoms. The van der Waals surface area contributed by atoms with Gasteiger partial charge in [0.2, 0.25) is 0 Å². The number of rotatable bonds is 5. The quantitative estimate of drug-likeness (QED) is 0.169. The third-order valence-electron chi connectivity index (χ3n) is 9.97. The van der Waals surface area contributed by atoms with E-state index in [2.05, 4.69) is 78.9 Å². The standard InChI is InChI=1S/C50H32O/c1-4-15-33(16-5-1)34-27-29-36(30-28-34)43-31-44-45(32-42(43)35-17-6-2-7-18-35)49(39-22-11-10-21-38(39)48(44)37-19-8-3-9-20-37)41-24-14-26-47-50(41)40-23-12-13-25-46(40)51-47/h1-32H/i3D,8D,9D,19D,20D. The fourth-order valence-corrected chi connectivity index (χ4v) is 7.71. The van der Waals surface area contributed by atoms with E-state index in [0.717, 1.165) is 88.0 Å². The summed E-state index contributed by atoms with van der Waals surface area (Å²) in [4.78, 5) is 0. The molecule has 10 rings (SSSR count). The van der Waals surface area contributed by atoms with Gasteiger partial charge in [-0.2, -0.15) is 0 Å². The maximum atomic E-state index is 9.23. The van der Waals surface area contributed by atoms with Gasteiger partial charge in [0.25, 0.3) is 0 Å². The zero-order chi connectivity index (χ0) is 38.1. The van der Waals surface area contributed by atoms with Crippen LogP contribution in [0.4, 0.5) is 0 Å². The van der Waals surface area contributed by atoms with Gasteiger partial charge in [0.1, 0.15) is 11.2 Å². The summed E-state index contributed by atoms with van der Waals surface area (Å²) in [7, 11) is 0. The molecule has 1 heterocycles. The van der Waals surface area contributed by atoms with Gasteiger partial charge in [0.15, 0.2) is 0 Å². The number of hydrogen-bond donors (Lipinski definition) is 0. The molecule has 0 radical (unpaired) electrons. The number of benzene rings is 9. The molecule has 238 valence electrons. The first-order chi connectivity index (χ1) is 27.4. The number of furan rings is 1. The van der Waals surface area contributed by atoms with Crippen LogP contribution in [0.25, 0.3) is 99.1 Å². The Morgan fingerprint density at radius 3 is 1.55 bits per heavy atom. The average Bonchev–Trinajstić information content (AvgIpc) is 3.64. The summed E-state index contributed by atoms with van der Waals surface area (Å²) < 4.78 is 50.8. The van der Waals surface area contributed by atoms with Crippen molar-refractivity contribution >= 4 is 43.5 Å². The van der Waals surface area contributed by atoms with Crippen molar-refractivity contribution in [1.82, 2.24) is 0 Å². The zero-order valence-corrected chi connectivity index (χ0v) is 27.5. The van der Waals surface area contributed by atoms with Gasteiger partial charge < -0.3 is 4.42 Å². The molecule has 9 aromatic carbocycles. The highest BCUT2D eigenvalue weighted by molar-refractivity contribution is 6.26. The van der Waals surface area contributed by atoms with Crippen LogP contribution in [0.1, 0.15) is 6.85 Å². The Balaban J connectivity index is 1.40. The minimum absolute atomic E-state index is 0.175. The summed E-state index contributed by atoms with van der Waals surface area (Å²) in [5, 5.41) is 5.36. The maximum absolute atomic E-state index is 9.23. The first kappa shape index (κ1) is 24.4. The monoisotopic (exact) mass is 653 g/mol. The number of para-hydroxylation sites is 1. The predicted octanol–water partition coefficient (Wildman–Crippen LogP) is 14.2. The molecule has 1 heteroatoms. The van der Waals surface area contributed by atoms with Crippen molar-refractivity contribution in [2.45, 2.75) is 0 Å². The van der Waals surface area contributed by atoms with E-state index in [9.17, 15) is 2.74 Å². The average molecular weight is 654 g/mol. The molecular weight excluding hydrogens is 617 g/mol. The second kappa shape index (κ2) is 12.0. The largest absolute Gasteiger partial charge is 0.456 e. The van der Waals surface area contributed by atoms with Gasteiger partial charge in [-0.25, -0.2) is 0 Å². The minimum atomic E-state index is -0.418. The van der Waals surface area contributed by atoms with E-state index in [4.69, 9.17) is 8.53 Å². The Labute approximate surface area is 303 Å². The molecule has 0 aliphatic rings. The van der Waals surface area contributed by atoms with Crippen LogP contribution < -0.4 is 0 Å². The van der Waals surface area contributed by atoms with Crippen LogP contribution >= 0.6 is 0 Å². The molecule has 0 saturated heterocycles. The number of hydrogen-bond acceptors (Lipinski definition) is 1. The molecule has 0 amide bonds. The lowest BCUT2D eigenvalue weighted by Gasteiger charge is -2.21. The van der Waals surface area contributed by atoms with Gasteiger partial charge in [0.05, 0.1) is 6.85 Å². The predicted molar refractivity (Wildman–Crippen MR) is 216 cm³/mol. The van der Waals surface area contributed by atoms with Gasteiger partial charge in [0, 0.05) is 10.8 Å². The van der Waals surface area contributed by atoms with Gasteiger partial charge >= 0.3 is 0 Å². The molecule has 1 aromatic heterocycles. The van der Waals surface area contributed by atoms with Crippen molar-refractivity contribution in [1.29, 1.82) is 0 Å². The normalized spacial score (nSPS) is 12.9. The second-order valence-corrected chi connectivity index (χ2v) is 12.8. The van der Waals surface area contributed by atoms with Gasteiger partial charge in [-0.1, -0.05) is 170 Å². The fraction of sp³-hybridized carbons (Fsp3) is 0. The Kier molecular flexibility index (Phi) is 5.76. The van der Waals surface area contributed by atoms with Crippen LogP contribution in [-0.2, 0) is 0 Å². The van der Waals surface area contributed by atoms with Crippen LogP contribution in [0, 0.1) is 0 Å². The van der Waals surface area contributed by atoms with E-state index in [1.807, 2.05) is 84.9 Å². The molecular formula is C50H32O. The third-order valence-corrected chi connectivity index (χ3v) is 9.97. The van der Waals surface area contributed by atoms with Crippen LogP contribution in [-0.4, -0.2) is 0 Å². The smallest absolute Gasteiger partial charge is 0.136 e. The van der Waals surface area contributed by atoms with Crippen LogP contribution in [0.3, 0.4) is 0 Å². The summed E-state index contributed by atoms with van der Waals surface area (Å²) in [5.74, 6) is 0. The molecule has 0 fully saturated rings. The summed E-state index contributed by atoms with van der Waals surface area (Å²) in [5.41, 5.74) is 10.5. The van der Waals surface area contributed by atoms with Crippen molar-refractivity contribution in [3.05, 3.63) is 194 Å². The van der Waals surface area contributed by atoms with E-state index in [1.165, 1.54) is 0 Å². The second-order valence-electron chi connectivity index (χ2n) is 12.8. The zero-order valence-electron chi connectivity index (χ0n) is 32.5. The summed E-state index contributed by atoms with van der Waals surface area (Å²) in [6, 6.07) is 54.2. The molecule has 0 aliphatic heterocycles.